The van der Waals surface area contributed by atoms with E-state index in [1.807, 2.05) is 18.2 Å². The summed E-state index contributed by atoms with van der Waals surface area (Å²) in [5, 5.41) is 0.632. The fraction of sp³-hybridized carbons (Fsp3) is 0.0714. The minimum atomic E-state index is -0.583. The molecule has 0 aliphatic carbocycles. The molecule has 4 N–H and O–H groups in total. The Bertz CT molecular complexity index is 614. The van der Waals surface area contributed by atoms with Crippen molar-refractivity contribution >= 4 is 23.2 Å². The molecule has 1 amide bonds. The number of primary amides is 1. The molecule has 0 saturated carbocycles. The highest BCUT2D eigenvalue weighted by Gasteiger charge is 2.08. The third-order valence-corrected chi connectivity index (χ3v) is 3.01. The summed E-state index contributed by atoms with van der Waals surface area (Å²) in [4.78, 5) is 11.2. The summed E-state index contributed by atoms with van der Waals surface area (Å²) in [6.07, 6.45) is 0. The summed E-state index contributed by atoms with van der Waals surface area (Å²) in [5.74, 6) is -0.0661. The number of rotatable bonds is 4. The molecule has 0 aliphatic heterocycles. The van der Waals surface area contributed by atoms with Crippen LogP contribution in [0.3, 0.4) is 0 Å². The summed E-state index contributed by atoms with van der Waals surface area (Å²) >= 11 is 6.02. The Morgan fingerprint density at radius 3 is 2.63 bits per heavy atom. The molecule has 98 valence electrons. The van der Waals surface area contributed by atoms with Crippen molar-refractivity contribution in [2.24, 2.45) is 5.73 Å². The second-order valence-corrected chi connectivity index (χ2v) is 4.40. The van der Waals surface area contributed by atoms with Gasteiger partial charge in [-0.15, -0.1) is 0 Å². The van der Waals surface area contributed by atoms with Crippen molar-refractivity contribution in [3.63, 3.8) is 0 Å². The van der Waals surface area contributed by atoms with Gasteiger partial charge in [0.2, 0.25) is 0 Å². The molecule has 2 aromatic carbocycles. The Kier molecular flexibility index (Phi) is 3.92. The number of nitrogen functional groups attached to an aromatic ring is 1. The van der Waals surface area contributed by atoms with Gasteiger partial charge in [0.05, 0.1) is 5.56 Å². The molecule has 2 rings (SSSR count). The highest BCUT2D eigenvalue weighted by molar-refractivity contribution is 6.31. The molecule has 0 aromatic heterocycles. The summed E-state index contributed by atoms with van der Waals surface area (Å²) in [6, 6.07) is 12.2. The van der Waals surface area contributed by atoms with Gasteiger partial charge in [-0.3, -0.25) is 4.79 Å². The van der Waals surface area contributed by atoms with Crippen molar-refractivity contribution in [2.75, 3.05) is 5.73 Å². The fourth-order valence-corrected chi connectivity index (χ4v) is 1.81. The van der Waals surface area contributed by atoms with E-state index in [9.17, 15) is 4.79 Å². The first-order valence-electron chi connectivity index (χ1n) is 5.63. The van der Waals surface area contributed by atoms with Gasteiger partial charge in [0.25, 0.3) is 5.91 Å². The van der Waals surface area contributed by atoms with Crippen molar-refractivity contribution in [1.82, 2.24) is 0 Å². The van der Waals surface area contributed by atoms with Crippen LogP contribution in [0.5, 0.6) is 5.75 Å². The number of halogens is 1. The van der Waals surface area contributed by atoms with Gasteiger partial charge in [-0.05, 0) is 24.3 Å². The number of carbonyl (C=O) groups excluding carboxylic acids is 1. The third-order valence-electron chi connectivity index (χ3n) is 2.64. The van der Waals surface area contributed by atoms with Crippen LogP contribution in [0.2, 0.25) is 5.02 Å². The molecule has 0 heterocycles. The van der Waals surface area contributed by atoms with E-state index in [1.54, 1.807) is 18.2 Å². The Labute approximate surface area is 115 Å². The molecule has 0 radical (unpaired) electrons. The minimum absolute atomic E-state index is 0.247. The Balaban J connectivity index is 2.14. The van der Waals surface area contributed by atoms with Crippen LogP contribution in [-0.4, -0.2) is 5.91 Å². The van der Waals surface area contributed by atoms with Gasteiger partial charge < -0.3 is 16.2 Å². The molecule has 0 saturated heterocycles. The van der Waals surface area contributed by atoms with Gasteiger partial charge in [0.15, 0.2) is 0 Å². The molecule has 0 bridgehead atoms. The van der Waals surface area contributed by atoms with Crippen molar-refractivity contribution in [3.05, 3.63) is 58.6 Å². The fourth-order valence-electron chi connectivity index (χ4n) is 1.62. The van der Waals surface area contributed by atoms with E-state index in [2.05, 4.69) is 0 Å². The maximum atomic E-state index is 11.2. The monoisotopic (exact) mass is 276 g/mol. The second kappa shape index (κ2) is 5.63. The van der Waals surface area contributed by atoms with Crippen LogP contribution in [-0.2, 0) is 6.61 Å². The van der Waals surface area contributed by atoms with E-state index >= 15 is 0 Å². The van der Waals surface area contributed by atoms with Crippen molar-refractivity contribution in [1.29, 1.82) is 0 Å². The molecule has 5 heteroatoms. The molecular weight excluding hydrogens is 264 g/mol. The predicted octanol–water partition coefficient (Wildman–Crippen LogP) is 2.60. The number of carbonyl (C=O) groups is 1. The van der Waals surface area contributed by atoms with Crippen LogP contribution in [0.25, 0.3) is 0 Å². The zero-order chi connectivity index (χ0) is 13.8. The molecule has 0 unspecified atom stereocenters. The van der Waals surface area contributed by atoms with E-state index in [0.717, 1.165) is 5.56 Å². The first kappa shape index (κ1) is 13.2. The maximum Gasteiger partial charge on any atom is 0.250 e. The summed E-state index contributed by atoms with van der Waals surface area (Å²) in [7, 11) is 0. The average molecular weight is 277 g/mol. The van der Waals surface area contributed by atoms with Crippen molar-refractivity contribution in [2.45, 2.75) is 6.61 Å². The van der Waals surface area contributed by atoms with Crippen LogP contribution >= 0.6 is 11.6 Å². The van der Waals surface area contributed by atoms with Crippen molar-refractivity contribution < 1.29 is 9.53 Å². The quantitative estimate of drug-likeness (QED) is 0.843. The van der Waals surface area contributed by atoms with Gasteiger partial charge in [-0.2, -0.15) is 0 Å². The Morgan fingerprint density at radius 1 is 1.21 bits per heavy atom. The number of anilines is 1. The maximum absolute atomic E-state index is 11.2. The molecule has 4 nitrogen and oxygen atoms in total. The summed E-state index contributed by atoms with van der Waals surface area (Å²) in [5.41, 5.74) is 12.3. The lowest BCUT2D eigenvalue weighted by Gasteiger charge is -2.09. The molecule has 0 aliphatic rings. The Morgan fingerprint density at radius 2 is 1.95 bits per heavy atom. The molecular formula is C14H13ClN2O2. The number of nitrogens with two attached hydrogens (primary N) is 2. The smallest absolute Gasteiger partial charge is 0.250 e. The van der Waals surface area contributed by atoms with E-state index in [0.29, 0.717) is 23.1 Å². The topological polar surface area (TPSA) is 78.3 Å². The molecule has 0 fully saturated rings. The van der Waals surface area contributed by atoms with Crippen LogP contribution < -0.4 is 16.2 Å². The number of benzene rings is 2. The van der Waals surface area contributed by atoms with Gasteiger partial charge in [-0.25, -0.2) is 0 Å². The minimum Gasteiger partial charge on any atom is -0.489 e. The first-order chi connectivity index (χ1) is 9.08. The van der Waals surface area contributed by atoms with E-state index in [-0.39, 0.29) is 5.56 Å². The summed E-state index contributed by atoms with van der Waals surface area (Å²) < 4.78 is 5.57. The highest BCUT2D eigenvalue weighted by Crippen LogP contribution is 2.22. The first-order valence-corrected chi connectivity index (χ1v) is 6.01. The number of hydrogen-bond donors (Lipinski definition) is 2. The Hall–Kier alpha value is -2.20. The lowest BCUT2D eigenvalue weighted by Crippen LogP contribution is -2.13. The highest BCUT2D eigenvalue weighted by atomic mass is 35.5. The van der Waals surface area contributed by atoms with Gasteiger partial charge >= 0.3 is 0 Å². The number of amides is 1. The largest absolute Gasteiger partial charge is 0.489 e. The van der Waals surface area contributed by atoms with Crippen molar-refractivity contribution in [3.8, 4) is 5.75 Å². The average Bonchev–Trinajstić information content (AvgIpc) is 2.39. The lowest BCUT2D eigenvalue weighted by atomic mass is 10.1. The molecule has 0 spiro atoms. The third kappa shape index (κ3) is 3.17. The summed E-state index contributed by atoms with van der Waals surface area (Å²) in [6.45, 7) is 0.307. The van der Waals surface area contributed by atoms with E-state index < -0.39 is 5.91 Å². The lowest BCUT2D eigenvalue weighted by molar-refractivity contribution is 0.100. The SMILES string of the molecule is NC(=O)c1cc(OCc2ccccc2Cl)ccc1N. The normalized spacial score (nSPS) is 10.2. The number of ether oxygens (including phenoxy) is 1. The van der Waals surface area contributed by atoms with Crippen LogP contribution in [0.1, 0.15) is 15.9 Å². The molecule has 19 heavy (non-hydrogen) atoms. The van der Waals surface area contributed by atoms with Crippen LogP contribution in [0.15, 0.2) is 42.5 Å². The van der Waals surface area contributed by atoms with Crippen LogP contribution in [0, 0.1) is 0 Å². The molecule has 2 aromatic rings. The van der Waals surface area contributed by atoms with Gasteiger partial charge in [0, 0.05) is 16.3 Å². The van der Waals surface area contributed by atoms with E-state index in [1.165, 1.54) is 6.07 Å². The molecule has 0 atom stereocenters. The predicted molar refractivity (Wildman–Crippen MR) is 75.2 cm³/mol. The zero-order valence-electron chi connectivity index (χ0n) is 10.1. The van der Waals surface area contributed by atoms with Gasteiger partial charge in [0.1, 0.15) is 12.4 Å². The standard InChI is InChI=1S/C14H13ClN2O2/c15-12-4-2-1-3-9(12)8-19-10-5-6-13(16)11(7-10)14(17)18/h1-7H,8,16H2,(H2,17,18). The van der Waals surface area contributed by atoms with E-state index in [4.69, 9.17) is 27.8 Å². The van der Waals surface area contributed by atoms with Gasteiger partial charge in [-0.1, -0.05) is 29.8 Å². The van der Waals surface area contributed by atoms with Crippen LogP contribution in [0.4, 0.5) is 5.69 Å². The second-order valence-electron chi connectivity index (χ2n) is 3.99. The zero-order valence-corrected chi connectivity index (χ0v) is 10.9. The number of hydrogen-bond acceptors (Lipinski definition) is 3.